The Kier molecular flexibility index (Phi) is 12.2. The molecule has 144 valence electrons. The number of aliphatic hydroxyl groups excluding tert-OH is 1. The second-order valence-electron chi connectivity index (χ2n) is 6.29. The highest BCUT2D eigenvalue weighted by molar-refractivity contribution is 5.66. The highest BCUT2D eigenvalue weighted by Crippen LogP contribution is 2.27. The first kappa shape index (κ1) is 22.1. The molecule has 3 atom stereocenters. The Morgan fingerprint density at radius 2 is 1.69 bits per heavy atom. The first-order valence-corrected chi connectivity index (χ1v) is 9.47. The van der Waals surface area contributed by atoms with Crippen molar-refractivity contribution in [1.29, 1.82) is 0 Å². The monoisotopic (exact) mass is 360 g/mol. The Balaban J connectivity index is 2.01. The van der Waals surface area contributed by atoms with Gasteiger partial charge in [0.1, 0.15) is 0 Å². The highest BCUT2D eigenvalue weighted by atomic mass is 16.6. The maximum atomic E-state index is 10.3. The summed E-state index contributed by atoms with van der Waals surface area (Å²) in [6, 6.07) is 0. The normalized spacial score (nSPS) is 21.8. The van der Waals surface area contributed by atoms with Crippen molar-refractivity contribution in [3.05, 3.63) is 60.8 Å². The number of carboxylic acid groups (broad SMARTS) is 1. The standard InChI is InChI=1S/C22H32O4/c1-2-20-21(26-20)17-13-10-12-16-19(23)15-11-8-6-4-3-5-7-9-14-18-22(24)25/h3-4,7-13,16,19-21,23H,2,5-6,14-15,17-18H2,1H3,(H,24,25)/b4-3-,9-7-,11-8-,13-10-,16-12+. The summed E-state index contributed by atoms with van der Waals surface area (Å²) >= 11 is 0. The van der Waals surface area contributed by atoms with Crippen molar-refractivity contribution >= 4 is 5.97 Å². The second-order valence-corrected chi connectivity index (χ2v) is 6.29. The van der Waals surface area contributed by atoms with E-state index < -0.39 is 12.1 Å². The molecule has 3 unspecified atom stereocenters. The van der Waals surface area contributed by atoms with Gasteiger partial charge in [-0.15, -0.1) is 0 Å². The molecular weight excluding hydrogens is 328 g/mol. The lowest BCUT2D eigenvalue weighted by atomic mass is 10.2. The average Bonchev–Trinajstić information content (AvgIpc) is 3.37. The summed E-state index contributed by atoms with van der Waals surface area (Å²) in [5.41, 5.74) is 0. The van der Waals surface area contributed by atoms with Crippen molar-refractivity contribution in [3.8, 4) is 0 Å². The zero-order chi connectivity index (χ0) is 19.0. The molecule has 1 aliphatic rings. The minimum Gasteiger partial charge on any atom is -0.481 e. The molecule has 1 saturated heterocycles. The number of hydrogen-bond donors (Lipinski definition) is 2. The molecule has 2 N–H and O–H groups in total. The molecule has 0 amide bonds. The zero-order valence-corrected chi connectivity index (χ0v) is 15.7. The molecular formula is C22H32O4. The second kappa shape index (κ2) is 14.3. The van der Waals surface area contributed by atoms with E-state index in [-0.39, 0.29) is 6.42 Å². The number of aliphatic carboxylic acids is 1. The van der Waals surface area contributed by atoms with Crippen LogP contribution < -0.4 is 0 Å². The maximum Gasteiger partial charge on any atom is 0.303 e. The fourth-order valence-corrected chi connectivity index (χ4v) is 2.41. The number of rotatable bonds is 14. The molecule has 0 bridgehead atoms. The van der Waals surface area contributed by atoms with Crippen LogP contribution in [0.2, 0.25) is 0 Å². The van der Waals surface area contributed by atoms with Crippen LogP contribution >= 0.6 is 0 Å². The number of carboxylic acids is 1. The van der Waals surface area contributed by atoms with Gasteiger partial charge < -0.3 is 14.9 Å². The first-order chi connectivity index (χ1) is 12.6. The Labute approximate surface area is 157 Å². The summed E-state index contributed by atoms with van der Waals surface area (Å²) in [4.78, 5) is 10.3. The van der Waals surface area contributed by atoms with Gasteiger partial charge in [0.25, 0.3) is 0 Å². The lowest BCUT2D eigenvalue weighted by Crippen LogP contribution is -1.98. The third kappa shape index (κ3) is 12.5. The molecule has 1 rings (SSSR count). The minimum atomic E-state index is -0.763. The van der Waals surface area contributed by atoms with Gasteiger partial charge >= 0.3 is 5.97 Å². The fourth-order valence-electron chi connectivity index (χ4n) is 2.41. The highest BCUT2D eigenvalue weighted by Gasteiger charge is 2.35. The van der Waals surface area contributed by atoms with Crippen molar-refractivity contribution in [2.45, 2.75) is 70.2 Å². The number of allylic oxidation sites excluding steroid dienone is 7. The molecule has 0 aromatic heterocycles. The van der Waals surface area contributed by atoms with Crippen LogP contribution in [-0.4, -0.2) is 34.5 Å². The number of hydrogen-bond acceptors (Lipinski definition) is 3. The third-order valence-corrected chi connectivity index (χ3v) is 3.99. The number of aliphatic hydroxyl groups is 1. The molecule has 1 aliphatic heterocycles. The third-order valence-electron chi connectivity index (χ3n) is 3.99. The summed E-state index contributed by atoms with van der Waals surface area (Å²) < 4.78 is 5.46. The van der Waals surface area contributed by atoms with Crippen LogP contribution in [-0.2, 0) is 9.53 Å². The Morgan fingerprint density at radius 1 is 1.00 bits per heavy atom. The Hall–Kier alpha value is -1.91. The Bertz CT molecular complexity index is 528. The van der Waals surface area contributed by atoms with Crippen LogP contribution in [0.3, 0.4) is 0 Å². The smallest absolute Gasteiger partial charge is 0.303 e. The molecule has 0 spiro atoms. The molecule has 26 heavy (non-hydrogen) atoms. The number of carbonyl (C=O) groups is 1. The van der Waals surface area contributed by atoms with E-state index >= 15 is 0 Å². The molecule has 0 radical (unpaired) electrons. The van der Waals surface area contributed by atoms with Crippen molar-refractivity contribution < 1.29 is 19.7 Å². The fraction of sp³-hybridized carbons (Fsp3) is 0.500. The van der Waals surface area contributed by atoms with Crippen LogP contribution in [0.25, 0.3) is 0 Å². The van der Waals surface area contributed by atoms with Gasteiger partial charge in [-0.3, -0.25) is 4.79 Å². The lowest BCUT2D eigenvalue weighted by molar-refractivity contribution is -0.136. The van der Waals surface area contributed by atoms with Crippen LogP contribution in [0.4, 0.5) is 0 Å². The van der Waals surface area contributed by atoms with Crippen LogP contribution in [0, 0.1) is 0 Å². The molecule has 1 heterocycles. The van der Waals surface area contributed by atoms with E-state index in [2.05, 4.69) is 25.2 Å². The van der Waals surface area contributed by atoms with E-state index in [1.165, 1.54) is 0 Å². The average molecular weight is 360 g/mol. The summed E-state index contributed by atoms with van der Waals surface area (Å²) in [6.45, 7) is 2.14. The van der Waals surface area contributed by atoms with Gasteiger partial charge in [0.15, 0.2) is 0 Å². The number of ether oxygens (including phenoxy) is 1. The van der Waals surface area contributed by atoms with Crippen molar-refractivity contribution in [2.24, 2.45) is 0 Å². The van der Waals surface area contributed by atoms with E-state index in [0.29, 0.717) is 25.0 Å². The predicted molar refractivity (Wildman–Crippen MR) is 106 cm³/mol. The van der Waals surface area contributed by atoms with E-state index in [4.69, 9.17) is 9.84 Å². The van der Waals surface area contributed by atoms with Crippen molar-refractivity contribution in [3.63, 3.8) is 0 Å². The largest absolute Gasteiger partial charge is 0.481 e. The van der Waals surface area contributed by atoms with Crippen LogP contribution in [0.15, 0.2) is 60.8 Å². The van der Waals surface area contributed by atoms with Gasteiger partial charge in [-0.25, -0.2) is 0 Å². The van der Waals surface area contributed by atoms with E-state index in [0.717, 1.165) is 25.7 Å². The maximum absolute atomic E-state index is 10.3. The quantitative estimate of drug-likeness (QED) is 0.267. The summed E-state index contributed by atoms with van der Waals surface area (Å²) in [7, 11) is 0. The zero-order valence-electron chi connectivity index (χ0n) is 15.7. The summed E-state index contributed by atoms with van der Waals surface area (Å²) in [5.74, 6) is -0.763. The van der Waals surface area contributed by atoms with Crippen LogP contribution in [0.1, 0.15) is 51.9 Å². The molecule has 0 aromatic rings. The van der Waals surface area contributed by atoms with Crippen molar-refractivity contribution in [1.82, 2.24) is 0 Å². The molecule has 4 nitrogen and oxygen atoms in total. The first-order valence-electron chi connectivity index (χ1n) is 9.47. The summed E-state index contributed by atoms with van der Waals surface area (Å²) in [6.07, 6.45) is 25.2. The van der Waals surface area contributed by atoms with E-state index in [1.54, 1.807) is 6.08 Å². The molecule has 0 aliphatic carbocycles. The van der Waals surface area contributed by atoms with Crippen LogP contribution in [0.5, 0.6) is 0 Å². The topological polar surface area (TPSA) is 70.1 Å². The molecule has 4 heteroatoms. The van der Waals surface area contributed by atoms with Gasteiger partial charge in [-0.2, -0.15) is 0 Å². The van der Waals surface area contributed by atoms with Gasteiger partial charge in [-0.05, 0) is 38.5 Å². The van der Waals surface area contributed by atoms with E-state index in [9.17, 15) is 9.90 Å². The Morgan fingerprint density at radius 3 is 2.35 bits per heavy atom. The number of epoxide rings is 1. The van der Waals surface area contributed by atoms with Gasteiger partial charge in [0.05, 0.1) is 18.3 Å². The molecule has 0 saturated carbocycles. The molecule has 0 aromatic carbocycles. The predicted octanol–water partition coefficient (Wildman–Crippen LogP) is 4.73. The minimum absolute atomic E-state index is 0.184. The van der Waals surface area contributed by atoms with Gasteiger partial charge in [0.2, 0.25) is 0 Å². The molecule has 1 fully saturated rings. The SMILES string of the molecule is CCC1OC1C/C=C\C=C\C(O)C/C=C\C/C=C\C/C=C\CCC(=O)O. The van der Waals surface area contributed by atoms with Gasteiger partial charge in [-0.1, -0.05) is 67.7 Å². The van der Waals surface area contributed by atoms with E-state index in [1.807, 2.05) is 36.5 Å². The van der Waals surface area contributed by atoms with Gasteiger partial charge in [0, 0.05) is 6.42 Å². The summed E-state index contributed by atoms with van der Waals surface area (Å²) in [5, 5.41) is 18.3. The van der Waals surface area contributed by atoms with Crippen molar-refractivity contribution in [2.75, 3.05) is 0 Å². The lowest BCUT2D eigenvalue weighted by Gasteiger charge is -1.98.